The van der Waals surface area contributed by atoms with Gasteiger partial charge in [-0.2, -0.15) is 0 Å². The molecule has 0 saturated heterocycles. The maximum Gasteiger partial charge on any atom is 0.0482 e. The molecular formula is C13H16BrN. The molecule has 1 aromatic heterocycles. The third-order valence-corrected chi connectivity index (χ3v) is 3.34. The van der Waals surface area contributed by atoms with Gasteiger partial charge in [0.15, 0.2) is 0 Å². The summed E-state index contributed by atoms with van der Waals surface area (Å²) in [4.78, 5) is 0.530. The minimum atomic E-state index is 0.530. The molecule has 1 unspecified atom stereocenters. The first-order valence-corrected chi connectivity index (χ1v) is 6.19. The topological polar surface area (TPSA) is 4.93 Å². The van der Waals surface area contributed by atoms with Crippen molar-refractivity contribution in [1.82, 2.24) is 4.57 Å². The fraction of sp³-hybridized carbons (Fsp3) is 0.385. The van der Waals surface area contributed by atoms with Crippen LogP contribution < -0.4 is 0 Å². The summed E-state index contributed by atoms with van der Waals surface area (Å²) >= 11 is 3.63. The van der Waals surface area contributed by atoms with Crippen molar-refractivity contribution in [2.75, 3.05) is 0 Å². The van der Waals surface area contributed by atoms with Crippen molar-refractivity contribution in [2.24, 2.45) is 7.05 Å². The lowest BCUT2D eigenvalue weighted by Crippen LogP contribution is -1.99. The maximum absolute atomic E-state index is 3.63. The van der Waals surface area contributed by atoms with Gasteiger partial charge in [-0.15, -0.1) is 0 Å². The summed E-state index contributed by atoms with van der Waals surface area (Å²) in [6.07, 6.45) is 1.09. The normalized spacial score (nSPS) is 13.3. The molecule has 0 aliphatic rings. The Hall–Kier alpha value is -0.760. The van der Waals surface area contributed by atoms with Gasteiger partial charge in [0.2, 0.25) is 0 Å². The number of benzene rings is 1. The molecule has 0 radical (unpaired) electrons. The number of aryl methyl sites for hydroxylation is 1. The van der Waals surface area contributed by atoms with Crippen LogP contribution in [-0.4, -0.2) is 9.39 Å². The van der Waals surface area contributed by atoms with Gasteiger partial charge < -0.3 is 4.57 Å². The van der Waals surface area contributed by atoms with Crippen LogP contribution in [0.15, 0.2) is 24.3 Å². The minimum Gasteiger partial charge on any atom is -0.348 e. The van der Waals surface area contributed by atoms with Crippen molar-refractivity contribution >= 4 is 26.8 Å². The Balaban J connectivity index is 2.66. The van der Waals surface area contributed by atoms with Crippen molar-refractivity contribution in [1.29, 1.82) is 0 Å². The van der Waals surface area contributed by atoms with E-state index in [1.807, 2.05) is 0 Å². The molecule has 0 amide bonds. The SMILES string of the molecule is Cc1c(CC(C)Br)c2ccccc2n1C. The van der Waals surface area contributed by atoms with Gasteiger partial charge in [-0.25, -0.2) is 0 Å². The summed E-state index contributed by atoms with van der Waals surface area (Å²) in [5, 5.41) is 1.39. The van der Waals surface area contributed by atoms with Crippen LogP contribution in [0.4, 0.5) is 0 Å². The maximum atomic E-state index is 3.63. The van der Waals surface area contributed by atoms with Crippen LogP contribution in [0.2, 0.25) is 0 Å². The number of hydrogen-bond donors (Lipinski definition) is 0. The minimum absolute atomic E-state index is 0.530. The Kier molecular flexibility index (Phi) is 2.87. The number of para-hydroxylation sites is 1. The molecule has 0 spiro atoms. The highest BCUT2D eigenvalue weighted by Crippen LogP contribution is 2.26. The first-order valence-electron chi connectivity index (χ1n) is 5.28. The molecule has 15 heavy (non-hydrogen) atoms. The van der Waals surface area contributed by atoms with Crippen molar-refractivity contribution in [3.63, 3.8) is 0 Å². The third kappa shape index (κ3) is 1.83. The number of fused-ring (bicyclic) bond motifs is 1. The van der Waals surface area contributed by atoms with Crippen LogP contribution in [0.1, 0.15) is 18.2 Å². The van der Waals surface area contributed by atoms with Crippen molar-refractivity contribution in [3.8, 4) is 0 Å². The van der Waals surface area contributed by atoms with E-state index in [-0.39, 0.29) is 0 Å². The number of rotatable bonds is 2. The monoisotopic (exact) mass is 265 g/mol. The highest BCUT2D eigenvalue weighted by atomic mass is 79.9. The van der Waals surface area contributed by atoms with Crippen LogP contribution in [0.5, 0.6) is 0 Å². The van der Waals surface area contributed by atoms with Crippen LogP contribution in [0.3, 0.4) is 0 Å². The van der Waals surface area contributed by atoms with Crippen molar-refractivity contribution in [2.45, 2.75) is 25.1 Å². The number of nitrogens with zero attached hydrogens (tertiary/aromatic N) is 1. The smallest absolute Gasteiger partial charge is 0.0482 e. The van der Waals surface area contributed by atoms with E-state index in [2.05, 4.69) is 65.7 Å². The van der Waals surface area contributed by atoms with E-state index in [9.17, 15) is 0 Å². The Morgan fingerprint density at radius 1 is 1.33 bits per heavy atom. The molecule has 0 bridgehead atoms. The summed E-state index contributed by atoms with van der Waals surface area (Å²) in [6, 6.07) is 8.62. The molecule has 2 rings (SSSR count). The molecule has 80 valence electrons. The molecule has 1 nitrogen and oxygen atoms in total. The van der Waals surface area contributed by atoms with Crippen LogP contribution in [0.25, 0.3) is 10.9 Å². The Bertz CT molecular complexity index is 482. The lowest BCUT2D eigenvalue weighted by molar-refractivity contribution is 0.879. The van der Waals surface area contributed by atoms with Crippen LogP contribution >= 0.6 is 15.9 Å². The van der Waals surface area contributed by atoms with E-state index in [1.54, 1.807) is 0 Å². The predicted molar refractivity (Wildman–Crippen MR) is 69.7 cm³/mol. The summed E-state index contributed by atoms with van der Waals surface area (Å²) < 4.78 is 2.28. The second kappa shape index (κ2) is 4.01. The summed E-state index contributed by atoms with van der Waals surface area (Å²) in [6.45, 7) is 4.39. The quantitative estimate of drug-likeness (QED) is 0.728. The summed E-state index contributed by atoms with van der Waals surface area (Å²) in [7, 11) is 2.14. The molecule has 2 aromatic rings. The number of aromatic nitrogens is 1. The average molecular weight is 266 g/mol. The lowest BCUT2D eigenvalue weighted by Gasteiger charge is -2.04. The fourth-order valence-corrected chi connectivity index (χ4v) is 2.46. The molecular weight excluding hydrogens is 250 g/mol. The van der Waals surface area contributed by atoms with Crippen molar-refractivity contribution in [3.05, 3.63) is 35.5 Å². The van der Waals surface area contributed by atoms with Gasteiger partial charge in [-0.05, 0) is 25.0 Å². The molecule has 1 atom stereocenters. The van der Waals surface area contributed by atoms with E-state index in [4.69, 9.17) is 0 Å². The fourth-order valence-electron chi connectivity index (χ4n) is 2.14. The second-order valence-corrected chi connectivity index (χ2v) is 5.69. The van der Waals surface area contributed by atoms with Crippen molar-refractivity contribution < 1.29 is 0 Å². The largest absolute Gasteiger partial charge is 0.348 e. The zero-order valence-electron chi connectivity index (χ0n) is 9.42. The second-order valence-electron chi connectivity index (χ2n) is 4.13. The Morgan fingerprint density at radius 2 is 2.00 bits per heavy atom. The molecule has 2 heteroatoms. The summed E-state index contributed by atoms with van der Waals surface area (Å²) in [5.41, 5.74) is 4.18. The molecule has 1 heterocycles. The first-order chi connectivity index (χ1) is 7.11. The molecule has 1 aromatic carbocycles. The number of alkyl halides is 1. The van der Waals surface area contributed by atoms with Gasteiger partial charge in [0, 0.05) is 28.5 Å². The van der Waals surface area contributed by atoms with Gasteiger partial charge in [-0.3, -0.25) is 0 Å². The lowest BCUT2D eigenvalue weighted by atomic mass is 10.1. The van der Waals surface area contributed by atoms with Crippen LogP contribution in [0, 0.1) is 6.92 Å². The van der Waals surface area contributed by atoms with Gasteiger partial charge in [0.25, 0.3) is 0 Å². The number of hydrogen-bond acceptors (Lipinski definition) is 0. The van der Waals surface area contributed by atoms with E-state index in [0.29, 0.717) is 4.83 Å². The Labute approximate surface area is 99.2 Å². The van der Waals surface area contributed by atoms with E-state index in [1.165, 1.54) is 22.2 Å². The van der Waals surface area contributed by atoms with Gasteiger partial charge in [0.1, 0.15) is 0 Å². The van der Waals surface area contributed by atoms with Gasteiger partial charge >= 0.3 is 0 Å². The van der Waals surface area contributed by atoms with Crippen LogP contribution in [-0.2, 0) is 13.5 Å². The zero-order chi connectivity index (χ0) is 11.0. The molecule has 0 saturated carbocycles. The predicted octanol–water partition coefficient (Wildman–Crippen LogP) is 3.81. The average Bonchev–Trinajstić information content (AvgIpc) is 2.44. The van der Waals surface area contributed by atoms with E-state index >= 15 is 0 Å². The molecule has 0 aliphatic carbocycles. The third-order valence-electron chi connectivity index (χ3n) is 3.02. The summed E-state index contributed by atoms with van der Waals surface area (Å²) in [5.74, 6) is 0. The highest BCUT2D eigenvalue weighted by molar-refractivity contribution is 9.09. The molecule has 0 aliphatic heterocycles. The van der Waals surface area contributed by atoms with Gasteiger partial charge in [0.05, 0.1) is 0 Å². The van der Waals surface area contributed by atoms with E-state index < -0.39 is 0 Å². The van der Waals surface area contributed by atoms with E-state index in [0.717, 1.165) is 6.42 Å². The zero-order valence-corrected chi connectivity index (χ0v) is 11.0. The van der Waals surface area contributed by atoms with Gasteiger partial charge in [-0.1, -0.05) is 41.1 Å². The number of halogens is 1. The highest BCUT2D eigenvalue weighted by Gasteiger charge is 2.12. The molecule has 0 fully saturated rings. The molecule has 0 N–H and O–H groups in total. The standard InChI is InChI=1S/C13H16BrN/c1-9(14)8-12-10(2)15(3)13-7-5-4-6-11(12)13/h4-7,9H,8H2,1-3H3. The Morgan fingerprint density at radius 3 is 2.67 bits per heavy atom. The first kappa shape index (κ1) is 10.7.